The Morgan fingerprint density at radius 2 is 2.10 bits per heavy atom. The maximum atomic E-state index is 3.41. The Morgan fingerprint density at radius 3 is 2.40 bits per heavy atom. The van der Waals surface area contributed by atoms with Gasteiger partial charge in [0, 0.05) is 12.7 Å². The Hall–Kier alpha value is 0.940. The Morgan fingerprint density at radius 1 is 1.40 bits per heavy atom. The lowest BCUT2D eigenvalue weighted by molar-refractivity contribution is 0.362. The molecule has 1 N–H and O–H groups in total. The van der Waals surface area contributed by atoms with Gasteiger partial charge < -0.3 is 4.90 Å². The van der Waals surface area contributed by atoms with E-state index in [1.165, 1.54) is 0 Å². The topological polar surface area (TPSA) is 15.3 Å². The van der Waals surface area contributed by atoms with Crippen molar-refractivity contribution in [1.82, 2.24) is 10.2 Å². The number of alkyl halides is 3. The zero-order valence-electron chi connectivity index (χ0n) is 5.15. The molecule has 10 heavy (non-hydrogen) atoms. The molecular weight excluding hydrogens is 328 g/mol. The van der Waals surface area contributed by atoms with Gasteiger partial charge in [-0.3, -0.25) is 5.32 Å². The van der Waals surface area contributed by atoms with Crippen LogP contribution in [-0.4, -0.2) is 20.4 Å². The van der Waals surface area contributed by atoms with Crippen molar-refractivity contribution in [3.05, 3.63) is 12.3 Å². The van der Waals surface area contributed by atoms with Crippen LogP contribution in [0.25, 0.3) is 0 Å². The first-order chi connectivity index (χ1) is 4.61. The minimum Gasteiger partial charge on any atom is -0.333 e. The van der Waals surface area contributed by atoms with Gasteiger partial charge >= 0.3 is 0 Å². The van der Waals surface area contributed by atoms with Crippen LogP contribution in [0.15, 0.2) is 12.3 Å². The molecule has 5 heteroatoms. The molecule has 0 saturated carbocycles. The fourth-order valence-electron chi connectivity index (χ4n) is 0.675. The first-order valence-corrected chi connectivity index (χ1v) is 5.19. The minimum absolute atomic E-state index is 0.309. The fraction of sp³-hybridized carbons (Fsp3) is 0.600. The van der Waals surface area contributed by atoms with Crippen LogP contribution < -0.4 is 5.32 Å². The highest BCUT2D eigenvalue weighted by Gasteiger charge is 2.24. The highest BCUT2D eigenvalue weighted by Crippen LogP contribution is 2.37. The number of rotatable bonds is 0. The Bertz CT molecular complexity index is 140. The summed E-state index contributed by atoms with van der Waals surface area (Å²) >= 11 is 10.2. The summed E-state index contributed by atoms with van der Waals surface area (Å²) in [5.41, 5.74) is 0. The van der Waals surface area contributed by atoms with Crippen LogP contribution in [0.2, 0.25) is 0 Å². The molecule has 0 aromatic rings. The Balaban J connectivity index is 2.55. The predicted molar refractivity (Wildman–Crippen MR) is 53.4 cm³/mol. The molecule has 1 rings (SSSR count). The van der Waals surface area contributed by atoms with Crippen molar-refractivity contribution in [2.24, 2.45) is 0 Å². The summed E-state index contributed by atoms with van der Waals surface area (Å²) < 4.78 is -0.309. The Kier molecular flexibility index (Phi) is 3.21. The first kappa shape index (κ1) is 9.03. The molecular formula is C5H7Br3N2. The summed E-state index contributed by atoms with van der Waals surface area (Å²) in [6.45, 7) is 1.78. The summed E-state index contributed by atoms with van der Waals surface area (Å²) in [6, 6.07) is 0. The molecule has 0 unspecified atom stereocenters. The van der Waals surface area contributed by atoms with Gasteiger partial charge in [0.25, 0.3) is 0 Å². The van der Waals surface area contributed by atoms with Crippen LogP contribution in [0.5, 0.6) is 0 Å². The molecule has 0 aromatic carbocycles. The summed E-state index contributed by atoms with van der Waals surface area (Å²) in [6.07, 6.45) is 4.08. The molecule has 0 saturated heterocycles. The van der Waals surface area contributed by atoms with E-state index in [9.17, 15) is 0 Å². The molecule has 0 aliphatic carbocycles. The number of nitrogens with one attached hydrogen (secondary N) is 1. The zero-order valence-corrected chi connectivity index (χ0v) is 9.91. The van der Waals surface area contributed by atoms with Gasteiger partial charge in [-0.05, 0) is 47.8 Å². The van der Waals surface area contributed by atoms with Crippen LogP contribution in [0.4, 0.5) is 0 Å². The molecule has 1 aliphatic rings. The third-order valence-corrected chi connectivity index (χ3v) is 2.52. The second kappa shape index (κ2) is 3.56. The van der Waals surface area contributed by atoms with E-state index in [4.69, 9.17) is 0 Å². The van der Waals surface area contributed by atoms with Crippen LogP contribution in [-0.2, 0) is 0 Å². The SMILES string of the molecule is BrC(Br)(Br)N1C=CCNC1. The molecule has 0 amide bonds. The highest BCUT2D eigenvalue weighted by molar-refractivity contribution is 9.39. The van der Waals surface area contributed by atoms with E-state index in [0.29, 0.717) is 0 Å². The number of hydrogen-bond acceptors (Lipinski definition) is 2. The van der Waals surface area contributed by atoms with Gasteiger partial charge in [0.05, 0.1) is 6.67 Å². The van der Waals surface area contributed by atoms with Crippen LogP contribution in [0, 0.1) is 0 Å². The van der Waals surface area contributed by atoms with E-state index >= 15 is 0 Å². The van der Waals surface area contributed by atoms with E-state index in [0.717, 1.165) is 13.2 Å². The molecule has 2 nitrogen and oxygen atoms in total. The van der Waals surface area contributed by atoms with Gasteiger partial charge in [-0.15, -0.1) is 0 Å². The van der Waals surface area contributed by atoms with E-state index in [2.05, 4.69) is 59.2 Å². The van der Waals surface area contributed by atoms with E-state index < -0.39 is 0 Å². The molecule has 0 aromatic heterocycles. The molecule has 0 radical (unpaired) electrons. The predicted octanol–water partition coefficient (Wildman–Crippen LogP) is 2.16. The van der Waals surface area contributed by atoms with E-state index in [-0.39, 0.29) is 2.27 Å². The van der Waals surface area contributed by atoms with Gasteiger partial charge in [-0.1, -0.05) is 6.08 Å². The van der Waals surface area contributed by atoms with Crippen molar-refractivity contribution in [1.29, 1.82) is 0 Å². The quantitative estimate of drug-likeness (QED) is 0.539. The van der Waals surface area contributed by atoms with Crippen molar-refractivity contribution in [3.63, 3.8) is 0 Å². The largest absolute Gasteiger partial charge is 0.333 e. The van der Waals surface area contributed by atoms with Crippen LogP contribution in [0.1, 0.15) is 0 Å². The Labute approximate surface area is 85.4 Å². The van der Waals surface area contributed by atoms with E-state index in [1.54, 1.807) is 0 Å². The normalized spacial score (nSPS) is 19.7. The third-order valence-electron chi connectivity index (χ3n) is 1.16. The summed E-state index contributed by atoms with van der Waals surface area (Å²) in [4.78, 5) is 2.04. The van der Waals surface area contributed by atoms with Gasteiger partial charge in [0.1, 0.15) is 0 Å². The van der Waals surface area contributed by atoms with Crippen LogP contribution >= 0.6 is 47.8 Å². The lowest BCUT2D eigenvalue weighted by atomic mass is 10.5. The molecule has 0 spiro atoms. The lowest BCUT2D eigenvalue weighted by Gasteiger charge is -2.31. The molecule has 0 fully saturated rings. The summed E-state index contributed by atoms with van der Waals surface area (Å²) in [5.74, 6) is 0. The van der Waals surface area contributed by atoms with Crippen molar-refractivity contribution in [2.45, 2.75) is 2.27 Å². The molecule has 58 valence electrons. The highest BCUT2D eigenvalue weighted by atomic mass is 80.0. The average Bonchev–Trinajstić information content (AvgIpc) is 1.88. The molecule has 1 heterocycles. The molecule has 1 aliphatic heterocycles. The lowest BCUT2D eigenvalue weighted by Crippen LogP contribution is -2.40. The maximum absolute atomic E-state index is 3.41. The molecule has 0 bridgehead atoms. The third kappa shape index (κ3) is 2.53. The van der Waals surface area contributed by atoms with Gasteiger partial charge in [-0.2, -0.15) is 0 Å². The summed E-state index contributed by atoms with van der Waals surface area (Å²) in [7, 11) is 0. The minimum atomic E-state index is -0.309. The van der Waals surface area contributed by atoms with Gasteiger partial charge in [-0.25, -0.2) is 0 Å². The fourth-order valence-corrected chi connectivity index (χ4v) is 1.41. The van der Waals surface area contributed by atoms with Crippen molar-refractivity contribution >= 4 is 47.8 Å². The average molecular weight is 335 g/mol. The van der Waals surface area contributed by atoms with Crippen molar-refractivity contribution in [2.75, 3.05) is 13.2 Å². The van der Waals surface area contributed by atoms with E-state index in [1.807, 2.05) is 11.1 Å². The second-order valence-electron chi connectivity index (χ2n) is 1.93. The number of hydrogen-bond donors (Lipinski definition) is 1. The summed E-state index contributed by atoms with van der Waals surface area (Å²) in [5, 5.41) is 3.19. The number of nitrogens with zero attached hydrogens (tertiary/aromatic N) is 1. The molecule has 0 atom stereocenters. The van der Waals surface area contributed by atoms with Crippen molar-refractivity contribution < 1.29 is 0 Å². The second-order valence-corrected chi connectivity index (χ2v) is 8.57. The standard InChI is InChI=1S/C5H7Br3N2/c6-5(7,8)10-3-1-2-9-4-10/h1,3,9H,2,4H2. The monoisotopic (exact) mass is 332 g/mol. The van der Waals surface area contributed by atoms with Gasteiger partial charge in [0.2, 0.25) is 2.27 Å². The first-order valence-electron chi connectivity index (χ1n) is 2.81. The number of halogens is 3. The van der Waals surface area contributed by atoms with Gasteiger partial charge in [0.15, 0.2) is 0 Å². The smallest absolute Gasteiger partial charge is 0.207 e. The maximum Gasteiger partial charge on any atom is 0.207 e. The zero-order chi connectivity index (χ0) is 7.61. The van der Waals surface area contributed by atoms with Crippen LogP contribution in [0.3, 0.4) is 0 Å². The van der Waals surface area contributed by atoms with Crippen molar-refractivity contribution in [3.8, 4) is 0 Å².